The maximum absolute atomic E-state index is 12.9. The Bertz CT molecular complexity index is 848. The monoisotopic (exact) mass is 417 g/mol. The molecule has 2 aromatic carbocycles. The molecule has 4 N–H and O–H groups in total. The number of anilines is 1. The first-order valence-electron chi connectivity index (χ1n) is 7.58. The number of benzene rings is 2. The zero-order valence-corrected chi connectivity index (χ0v) is 15.7. The van der Waals surface area contributed by atoms with E-state index < -0.39 is 6.04 Å². The van der Waals surface area contributed by atoms with Gasteiger partial charge < -0.3 is 21.1 Å². The predicted octanol–water partition coefficient (Wildman–Crippen LogP) is 3.59. The van der Waals surface area contributed by atoms with Gasteiger partial charge in [-0.15, -0.1) is 0 Å². The van der Waals surface area contributed by atoms with Crippen LogP contribution >= 0.6 is 28.1 Å². The summed E-state index contributed by atoms with van der Waals surface area (Å²) >= 11 is 8.60. The normalized spacial score (nSPS) is 16.9. The second-order valence-corrected chi connectivity index (χ2v) is 6.95. The van der Waals surface area contributed by atoms with Gasteiger partial charge in [0.1, 0.15) is 5.75 Å². The van der Waals surface area contributed by atoms with Crippen molar-refractivity contribution in [1.82, 2.24) is 10.6 Å². The molecule has 7 heteroatoms. The summed E-state index contributed by atoms with van der Waals surface area (Å²) in [6.07, 6.45) is 0. The Morgan fingerprint density at radius 1 is 1.16 bits per heavy atom. The van der Waals surface area contributed by atoms with Crippen LogP contribution in [0.3, 0.4) is 0 Å². The van der Waals surface area contributed by atoms with E-state index in [0.717, 1.165) is 10.0 Å². The molecule has 5 nitrogen and oxygen atoms in total. The van der Waals surface area contributed by atoms with Gasteiger partial charge in [-0.2, -0.15) is 0 Å². The molecule has 2 aromatic rings. The molecule has 0 spiro atoms. The molecule has 0 radical (unpaired) electrons. The fraction of sp³-hybridized carbons (Fsp3) is 0.111. The average Bonchev–Trinajstić information content (AvgIpc) is 2.57. The molecule has 0 saturated heterocycles. The van der Waals surface area contributed by atoms with Crippen molar-refractivity contribution in [3.05, 3.63) is 69.8 Å². The van der Waals surface area contributed by atoms with Crippen molar-refractivity contribution in [2.45, 2.75) is 13.0 Å². The number of halogens is 1. The van der Waals surface area contributed by atoms with E-state index in [0.29, 0.717) is 22.1 Å². The van der Waals surface area contributed by atoms with E-state index in [9.17, 15) is 9.90 Å². The van der Waals surface area contributed by atoms with Crippen molar-refractivity contribution in [1.29, 1.82) is 0 Å². The van der Waals surface area contributed by atoms with E-state index in [2.05, 4.69) is 31.9 Å². The summed E-state index contributed by atoms with van der Waals surface area (Å²) in [5.74, 6) is -0.0535. The third-order valence-electron chi connectivity index (χ3n) is 3.84. The van der Waals surface area contributed by atoms with Gasteiger partial charge >= 0.3 is 0 Å². The molecule has 3 rings (SSSR count). The van der Waals surface area contributed by atoms with E-state index in [1.165, 1.54) is 0 Å². The van der Waals surface area contributed by atoms with Crippen LogP contribution in [-0.2, 0) is 4.79 Å². The molecule has 1 aliphatic rings. The highest BCUT2D eigenvalue weighted by atomic mass is 79.9. The van der Waals surface area contributed by atoms with E-state index in [1.54, 1.807) is 24.3 Å². The Balaban J connectivity index is 1.92. The van der Waals surface area contributed by atoms with E-state index in [1.807, 2.05) is 31.2 Å². The third-order valence-corrected chi connectivity index (χ3v) is 4.59. The summed E-state index contributed by atoms with van der Waals surface area (Å²) in [4.78, 5) is 12.9. The number of hydrogen-bond donors (Lipinski definition) is 4. The van der Waals surface area contributed by atoms with E-state index in [-0.39, 0.29) is 11.7 Å². The second kappa shape index (κ2) is 7.25. The van der Waals surface area contributed by atoms with Gasteiger partial charge in [0.05, 0.1) is 11.6 Å². The number of carbonyl (C=O) groups excluding carboxylic acids is 1. The van der Waals surface area contributed by atoms with Crippen LogP contribution in [0.4, 0.5) is 5.69 Å². The lowest BCUT2D eigenvalue weighted by molar-refractivity contribution is -0.113. The number of phenolic OH excluding ortho intramolecular Hbond substituents is 1. The van der Waals surface area contributed by atoms with Gasteiger partial charge in [0, 0.05) is 15.9 Å². The molecule has 1 atom stereocenters. The zero-order valence-electron chi connectivity index (χ0n) is 13.3. The molecule has 0 aromatic heterocycles. The fourth-order valence-corrected chi connectivity index (χ4v) is 3.18. The van der Waals surface area contributed by atoms with Crippen molar-refractivity contribution in [3.63, 3.8) is 0 Å². The van der Waals surface area contributed by atoms with Gasteiger partial charge in [0.15, 0.2) is 5.11 Å². The van der Waals surface area contributed by atoms with Crippen LogP contribution in [0.1, 0.15) is 18.5 Å². The number of rotatable bonds is 3. The molecule has 0 aliphatic carbocycles. The first-order valence-corrected chi connectivity index (χ1v) is 8.78. The van der Waals surface area contributed by atoms with Gasteiger partial charge in [-0.3, -0.25) is 4.79 Å². The van der Waals surface area contributed by atoms with Crippen LogP contribution in [0.25, 0.3) is 0 Å². The Labute approximate surface area is 159 Å². The lowest BCUT2D eigenvalue weighted by atomic mass is 9.95. The highest BCUT2D eigenvalue weighted by molar-refractivity contribution is 9.10. The molecule has 25 heavy (non-hydrogen) atoms. The van der Waals surface area contributed by atoms with Crippen LogP contribution in [0.5, 0.6) is 5.75 Å². The summed E-state index contributed by atoms with van der Waals surface area (Å²) < 4.78 is 0.939. The number of aromatic hydroxyl groups is 1. The first-order chi connectivity index (χ1) is 11.9. The number of phenols is 1. The Morgan fingerprint density at radius 2 is 1.80 bits per heavy atom. The molecular formula is C18H16BrN3O2S. The molecule has 1 heterocycles. The Kier molecular flexibility index (Phi) is 5.06. The van der Waals surface area contributed by atoms with Gasteiger partial charge in [0.25, 0.3) is 5.91 Å². The van der Waals surface area contributed by atoms with Gasteiger partial charge in [-0.25, -0.2) is 0 Å². The first kappa shape index (κ1) is 17.4. The summed E-state index contributed by atoms with van der Waals surface area (Å²) in [7, 11) is 0. The SMILES string of the molecule is CC1=C(C(=O)Nc2ccc(Br)cc2)[C@@H](c2ccc(O)cc2)NC(=S)N1. The fourth-order valence-electron chi connectivity index (χ4n) is 2.64. The Hall–Kier alpha value is -2.38. The van der Waals surface area contributed by atoms with Crippen LogP contribution in [0.15, 0.2) is 64.3 Å². The van der Waals surface area contributed by atoms with Crippen LogP contribution in [0.2, 0.25) is 0 Å². The summed E-state index contributed by atoms with van der Waals surface area (Å²) in [5.41, 5.74) is 2.77. The average molecular weight is 418 g/mol. The van der Waals surface area contributed by atoms with Gasteiger partial charge in [-0.05, 0) is 61.1 Å². The topological polar surface area (TPSA) is 73.4 Å². The van der Waals surface area contributed by atoms with Crippen LogP contribution in [0, 0.1) is 0 Å². The van der Waals surface area contributed by atoms with E-state index >= 15 is 0 Å². The number of nitrogens with one attached hydrogen (secondary N) is 3. The van der Waals surface area contributed by atoms with Crippen molar-refractivity contribution in [2.24, 2.45) is 0 Å². The van der Waals surface area contributed by atoms with Gasteiger partial charge in [0.2, 0.25) is 0 Å². The minimum atomic E-state index is -0.398. The smallest absolute Gasteiger partial charge is 0.255 e. The lowest BCUT2D eigenvalue weighted by Gasteiger charge is -2.30. The number of thiocarbonyl (C=S) groups is 1. The zero-order chi connectivity index (χ0) is 18.0. The number of hydrogen-bond acceptors (Lipinski definition) is 3. The molecule has 1 aliphatic heterocycles. The molecule has 0 saturated carbocycles. The number of carbonyl (C=O) groups is 1. The van der Waals surface area contributed by atoms with Crippen LogP contribution in [-0.4, -0.2) is 16.1 Å². The van der Waals surface area contributed by atoms with E-state index in [4.69, 9.17) is 12.2 Å². The van der Waals surface area contributed by atoms with Crippen molar-refractivity contribution >= 4 is 44.9 Å². The minimum absolute atomic E-state index is 0.168. The summed E-state index contributed by atoms with van der Waals surface area (Å²) in [6.45, 7) is 1.82. The van der Waals surface area contributed by atoms with Crippen molar-refractivity contribution in [2.75, 3.05) is 5.32 Å². The summed E-state index contributed by atoms with van der Waals surface area (Å²) in [6, 6.07) is 13.7. The quantitative estimate of drug-likeness (QED) is 0.574. The van der Waals surface area contributed by atoms with Crippen molar-refractivity contribution < 1.29 is 9.90 Å². The summed E-state index contributed by atoms with van der Waals surface area (Å²) in [5, 5.41) is 19.0. The molecule has 0 bridgehead atoms. The van der Waals surface area contributed by atoms with Crippen LogP contribution < -0.4 is 16.0 Å². The third kappa shape index (κ3) is 4.00. The molecule has 128 valence electrons. The largest absolute Gasteiger partial charge is 0.508 e. The lowest BCUT2D eigenvalue weighted by Crippen LogP contribution is -2.45. The number of allylic oxidation sites excluding steroid dienone is 1. The number of amides is 1. The highest BCUT2D eigenvalue weighted by Crippen LogP contribution is 2.29. The molecular weight excluding hydrogens is 402 g/mol. The second-order valence-electron chi connectivity index (χ2n) is 5.62. The van der Waals surface area contributed by atoms with Crippen molar-refractivity contribution in [3.8, 4) is 5.75 Å². The van der Waals surface area contributed by atoms with Gasteiger partial charge in [-0.1, -0.05) is 28.1 Å². The highest BCUT2D eigenvalue weighted by Gasteiger charge is 2.29. The standard InChI is InChI=1S/C18H16BrN3O2S/c1-10-15(17(24)21-13-6-4-12(19)5-7-13)16(22-18(25)20-10)11-2-8-14(23)9-3-11/h2-9,16,23H,1H3,(H,21,24)(H2,20,22,25)/t16-/m1/s1. The minimum Gasteiger partial charge on any atom is -0.508 e. The maximum Gasteiger partial charge on any atom is 0.255 e. The molecule has 0 unspecified atom stereocenters. The maximum atomic E-state index is 12.9. The Morgan fingerprint density at radius 3 is 2.44 bits per heavy atom. The predicted molar refractivity (Wildman–Crippen MR) is 105 cm³/mol. The molecule has 0 fully saturated rings. The molecule has 1 amide bonds.